The van der Waals surface area contributed by atoms with Gasteiger partial charge in [0.25, 0.3) is 0 Å². The van der Waals surface area contributed by atoms with Gasteiger partial charge in [-0.05, 0) is 31.2 Å². The number of hydrogen-bond acceptors (Lipinski definition) is 3. The summed E-state index contributed by atoms with van der Waals surface area (Å²) >= 11 is 0. The fourth-order valence-corrected chi connectivity index (χ4v) is 2.97. The van der Waals surface area contributed by atoms with Crippen molar-refractivity contribution in [3.8, 4) is 0 Å². The number of carbonyl (C=O) groups excluding carboxylic acids is 1. The lowest BCUT2D eigenvalue weighted by Gasteiger charge is -2.30. The number of urea groups is 1. The maximum absolute atomic E-state index is 11.9. The van der Waals surface area contributed by atoms with Gasteiger partial charge in [-0.3, -0.25) is 4.68 Å². The summed E-state index contributed by atoms with van der Waals surface area (Å²) in [6.45, 7) is 2.80. The highest BCUT2D eigenvalue weighted by molar-refractivity contribution is 5.74. The molecule has 1 aliphatic rings. The Morgan fingerprint density at radius 1 is 1.62 bits per heavy atom. The first kappa shape index (κ1) is 15.8. The van der Waals surface area contributed by atoms with Gasteiger partial charge in [0.2, 0.25) is 0 Å². The van der Waals surface area contributed by atoms with Crippen LogP contribution in [0, 0.1) is 5.41 Å². The average molecular weight is 294 g/mol. The molecule has 2 rings (SSSR count). The Balaban J connectivity index is 1.66. The van der Waals surface area contributed by atoms with E-state index in [-0.39, 0.29) is 24.1 Å². The maximum atomic E-state index is 11.9. The summed E-state index contributed by atoms with van der Waals surface area (Å²) in [5, 5.41) is 19.5. The SMILES string of the molecule is Cn1cc(CCCNC(=O)NC2CCCC2(C)CO)cn1. The second kappa shape index (κ2) is 6.93. The number of aliphatic hydroxyl groups is 1. The van der Waals surface area contributed by atoms with E-state index in [1.807, 2.05) is 26.4 Å². The van der Waals surface area contributed by atoms with Crippen LogP contribution in [0.25, 0.3) is 0 Å². The number of aryl methyl sites for hydroxylation is 2. The van der Waals surface area contributed by atoms with E-state index in [4.69, 9.17) is 0 Å². The van der Waals surface area contributed by atoms with Crippen molar-refractivity contribution >= 4 is 6.03 Å². The second-order valence-electron chi connectivity index (χ2n) is 6.28. The molecule has 2 amide bonds. The molecule has 0 spiro atoms. The molecule has 2 unspecified atom stereocenters. The summed E-state index contributed by atoms with van der Waals surface area (Å²) in [5.41, 5.74) is 1.01. The fraction of sp³-hybridized carbons (Fsp3) is 0.733. The Morgan fingerprint density at radius 2 is 2.43 bits per heavy atom. The minimum Gasteiger partial charge on any atom is -0.396 e. The van der Waals surface area contributed by atoms with Crippen molar-refractivity contribution in [3.05, 3.63) is 18.0 Å². The molecule has 3 N–H and O–H groups in total. The summed E-state index contributed by atoms with van der Waals surface area (Å²) < 4.78 is 1.78. The highest BCUT2D eigenvalue weighted by atomic mass is 16.3. The molecule has 6 nitrogen and oxygen atoms in total. The van der Waals surface area contributed by atoms with E-state index < -0.39 is 0 Å². The standard InChI is InChI=1S/C15H26N4O2/c1-15(11-20)7-3-6-13(15)18-14(21)16-8-4-5-12-9-17-19(2)10-12/h9-10,13,20H,3-8,11H2,1-2H3,(H2,16,18,21). The first-order valence-electron chi connectivity index (χ1n) is 7.66. The van der Waals surface area contributed by atoms with Crippen LogP contribution in [0.2, 0.25) is 0 Å². The molecule has 1 aliphatic carbocycles. The molecule has 0 radical (unpaired) electrons. The van der Waals surface area contributed by atoms with Gasteiger partial charge in [0.05, 0.1) is 12.8 Å². The number of nitrogens with zero attached hydrogens (tertiary/aromatic N) is 2. The summed E-state index contributed by atoms with van der Waals surface area (Å²) in [6, 6.07) is -0.0615. The van der Waals surface area contributed by atoms with Gasteiger partial charge >= 0.3 is 6.03 Å². The number of rotatable bonds is 6. The molecule has 0 aromatic carbocycles. The van der Waals surface area contributed by atoms with E-state index in [9.17, 15) is 9.90 Å². The monoisotopic (exact) mass is 294 g/mol. The van der Waals surface area contributed by atoms with Gasteiger partial charge in [0, 0.05) is 31.2 Å². The maximum Gasteiger partial charge on any atom is 0.315 e. The highest BCUT2D eigenvalue weighted by Gasteiger charge is 2.38. The fourth-order valence-electron chi connectivity index (χ4n) is 2.97. The summed E-state index contributed by atoms with van der Waals surface area (Å²) in [6.07, 6.45) is 8.61. The molecule has 1 saturated carbocycles. The summed E-state index contributed by atoms with van der Waals surface area (Å²) in [5.74, 6) is 0. The van der Waals surface area contributed by atoms with Crippen LogP contribution in [0.15, 0.2) is 12.4 Å². The quantitative estimate of drug-likeness (QED) is 0.690. The Bertz CT molecular complexity index is 474. The molecular weight excluding hydrogens is 268 g/mol. The Hall–Kier alpha value is -1.56. The van der Waals surface area contributed by atoms with Crippen molar-refractivity contribution in [1.82, 2.24) is 20.4 Å². The van der Waals surface area contributed by atoms with Crippen LogP contribution in [0.1, 0.15) is 38.2 Å². The third-order valence-corrected chi connectivity index (χ3v) is 4.43. The number of aliphatic hydroxyl groups excluding tert-OH is 1. The topological polar surface area (TPSA) is 79.2 Å². The molecule has 1 aromatic heterocycles. The van der Waals surface area contributed by atoms with Crippen molar-refractivity contribution in [1.29, 1.82) is 0 Å². The van der Waals surface area contributed by atoms with Gasteiger partial charge in [-0.15, -0.1) is 0 Å². The van der Waals surface area contributed by atoms with Gasteiger partial charge < -0.3 is 15.7 Å². The van der Waals surface area contributed by atoms with Crippen molar-refractivity contribution < 1.29 is 9.90 Å². The summed E-state index contributed by atoms with van der Waals surface area (Å²) in [4.78, 5) is 11.9. The molecule has 1 heterocycles. The molecule has 1 aromatic rings. The predicted molar refractivity (Wildman–Crippen MR) is 80.9 cm³/mol. The van der Waals surface area contributed by atoms with Gasteiger partial charge in [-0.2, -0.15) is 5.10 Å². The molecule has 1 fully saturated rings. The highest BCUT2D eigenvalue weighted by Crippen LogP contribution is 2.37. The molecule has 21 heavy (non-hydrogen) atoms. The minimum atomic E-state index is -0.174. The van der Waals surface area contributed by atoms with Crippen molar-refractivity contribution in [3.63, 3.8) is 0 Å². The van der Waals surface area contributed by atoms with E-state index >= 15 is 0 Å². The van der Waals surface area contributed by atoms with Crippen molar-refractivity contribution in [2.45, 2.75) is 45.1 Å². The first-order valence-corrected chi connectivity index (χ1v) is 7.66. The Labute approximate surface area is 125 Å². The normalized spacial score (nSPS) is 25.0. The van der Waals surface area contributed by atoms with Crippen LogP contribution < -0.4 is 10.6 Å². The lowest BCUT2D eigenvalue weighted by molar-refractivity contribution is 0.121. The van der Waals surface area contributed by atoms with Crippen LogP contribution in [0.5, 0.6) is 0 Å². The molecular formula is C15H26N4O2. The van der Waals surface area contributed by atoms with E-state index in [0.717, 1.165) is 32.1 Å². The van der Waals surface area contributed by atoms with Crippen molar-refractivity contribution in [2.75, 3.05) is 13.2 Å². The van der Waals surface area contributed by atoms with Crippen LogP contribution in [0.4, 0.5) is 4.79 Å². The molecule has 2 atom stereocenters. The zero-order chi connectivity index (χ0) is 15.3. The minimum absolute atomic E-state index is 0.0702. The van der Waals surface area contributed by atoms with Gasteiger partial charge in [-0.25, -0.2) is 4.79 Å². The number of nitrogens with one attached hydrogen (secondary N) is 2. The van der Waals surface area contributed by atoms with Crippen LogP contribution in [-0.2, 0) is 13.5 Å². The van der Waals surface area contributed by atoms with E-state index in [0.29, 0.717) is 6.54 Å². The van der Waals surface area contributed by atoms with Crippen LogP contribution >= 0.6 is 0 Å². The molecule has 118 valence electrons. The van der Waals surface area contributed by atoms with E-state index in [2.05, 4.69) is 15.7 Å². The van der Waals surface area contributed by atoms with Crippen molar-refractivity contribution in [2.24, 2.45) is 12.5 Å². The number of amides is 2. The number of carbonyl (C=O) groups is 1. The van der Waals surface area contributed by atoms with Crippen LogP contribution in [-0.4, -0.2) is 40.1 Å². The Kier molecular flexibility index (Phi) is 5.22. The zero-order valence-corrected chi connectivity index (χ0v) is 12.9. The van der Waals surface area contributed by atoms with E-state index in [1.165, 1.54) is 5.56 Å². The van der Waals surface area contributed by atoms with Gasteiger partial charge in [-0.1, -0.05) is 13.3 Å². The number of hydrogen-bond donors (Lipinski definition) is 3. The molecule has 0 aliphatic heterocycles. The molecule has 0 bridgehead atoms. The smallest absolute Gasteiger partial charge is 0.315 e. The lowest BCUT2D eigenvalue weighted by atomic mass is 9.86. The second-order valence-corrected chi connectivity index (χ2v) is 6.28. The molecule has 6 heteroatoms. The van der Waals surface area contributed by atoms with Gasteiger partial charge in [0.1, 0.15) is 0 Å². The third-order valence-electron chi connectivity index (χ3n) is 4.43. The lowest BCUT2D eigenvalue weighted by Crippen LogP contribution is -2.48. The van der Waals surface area contributed by atoms with Gasteiger partial charge in [0.15, 0.2) is 0 Å². The van der Waals surface area contributed by atoms with E-state index in [1.54, 1.807) is 4.68 Å². The Morgan fingerprint density at radius 3 is 3.10 bits per heavy atom. The summed E-state index contributed by atoms with van der Waals surface area (Å²) in [7, 11) is 1.90. The van der Waals surface area contributed by atoms with Crippen LogP contribution in [0.3, 0.4) is 0 Å². The first-order chi connectivity index (χ1) is 10.0. The zero-order valence-electron chi connectivity index (χ0n) is 12.9. The number of aromatic nitrogens is 2. The average Bonchev–Trinajstić information content (AvgIpc) is 3.03. The third kappa shape index (κ3) is 4.20. The predicted octanol–water partition coefficient (Wildman–Crippen LogP) is 1.20. The largest absolute Gasteiger partial charge is 0.396 e. The molecule has 0 saturated heterocycles.